The smallest absolute Gasteiger partial charge is 0.246 e. The van der Waals surface area contributed by atoms with Crippen LogP contribution in [0, 0.1) is 17.0 Å². The van der Waals surface area contributed by atoms with E-state index in [1.165, 1.54) is 24.5 Å². The van der Waals surface area contributed by atoms with Gasteiger partial charge in [-0.15, -0.1) is 10.6 Å². The second-order valence-corrected chi connectivity index (χ2v) is 12.9. The Kier molecular flexibility index (Phi) is 5.55. The largest absolute Gasteiger partial charge is 0.295 e. The second-order valence-electron chi connectivity index (χ2n) is 10.7. The van der Waals surface area contributed by atoms with Crippen LogP contribution in [0.3, 0.4) is 0 Å². The van der Waals surface area contributed by atoms with E-state index in [0.29, 0.717) is 5.95 Å². The normalized spacial score (nSPS) is 23.3. The monoisotopic (exact) mass is 539 g/mol. The molecule has 0 radical (unpaired) electrons. The van der Waals surface area contributed by atoms with Crippen LogP contribution in [-0.2, 0) is 15.3 Å². The van der Waals surface area contributed by atoms with E-state index in [-0.39, 0.29) is 34.9 Å². The standard InChI is InChI=1S/C26H27F2N7O2S/c1-25(2)17-7-9-26(25,23-16(17)15-20(31-32-23)22-18(27)5-4-6-19(22)28)21-8-10-29-24(30-21)35-12-11-34(33-35)13-14-38(3,36)37/h4-6,8,10-12,15,17,33H,7,9,13-14H2,1-3H3/t17-,26-/m0/s1. The molecule has 0 unspecified atom stereocenters. The summed E-state index contributed by atoms with van der Waals surface area (Å²) in [5.41, 5.74) is 4.78. The molecule has 12 heteroatoms. The molecule has 2 aliphatic carbocycles. The van der Waals surface area contributed by atoms with Gasteiger partial charge >= 0.3 is 0 Å². The first kappa shape index (κ1) is 24.8. The summed E-state index contributed by atoms with van der Waals surface area (Å²) in [4.78, 5) is 9.35. The molecule has 0 spiro atoms. The third kappa shape index (κ3) is 3.69. The zero-order valence-electron chi connectivity index (χ0n) is 21.2. The summed E-state index contributed by atoms with van der Waals surface area (Å²) in [5, 5.41) is 12.2. The van der Waals surface area contributed by atoms with Crippen molar-refractivity contribution in [2.45, 2.75) is 38.0 Å². The molecule has 0 saturated heterocycles. The maximum Gasteiger partial charge on any atom is 0.246 e. The molecule has 9 nitrogen and oxygen atoms in total. The van der Waals surface area contributed by atoms with Gasteiger partial charge in [-0.2, -0.15) is 5.10 Å². The maximum absolute atomic E-state index is 14.5. The Labute approximate surface area is 219 Å². The summed E-state index contributed by atoms with van der Waals surface area (Å²) in [6.45, 7) is 4.63. The van der Waals surface area contributed by atoms with Gasteiger partial charge in [0.25, 0.3) is 0 Å². The number of sulfone groups is 1. The molecule has 0 amide bonds. The van der Waals surface area contributed by atoms with Gasteiger partial charge in [0.15, 0.2) is 0 Å². The highest BCUT2D eigenvalue weighted by Crippen LogP contribution is 2.69. The fourth-order valence-corrected chi connectivity index (χ4v) is 6.84. The van der Waals surface area contributed by atoms with E-state index in [1.54, 1.807) is 34.7 Å². The second kappa shape index (κ2) is 8.50. The van der Waals surface area contributed by atoms with Crippen LogP contribution >= 0.6 is 0 Å². The minimum absolute atomic E-state index is 0.00594. The van der Waals surface area contributed by atoms with Crippen LogP contribution in [0.15, 0.2) is 48.9 Å². The van der Waals surface area contributed by atoms with E-state index in [1.807, 2.05) is 6.07 Å². The number of halogens is 2. The van der Waals surface area contributed by atoms with Gasteiger partial charge < -0.3 is 0 Å². The Morgan fingerprint density at radius 3 is 2.63 bits per heavy atom. The summed E-state index contributed by atoms with van der Waals surface area (Å²) in [6, 6.07) is 7.43. The minimum Gasteiger partial charge on any atom is -0.295 e. The highest BCUT2D eigenvalue weighted by Gasteiger charge is 2.65. The predicted molar refractivity (Wildman–Crippen MR) is 137 cm³/mol. The summed E-state index contributed by atoms with van der Waals surface area (Å²) in [7, 11) is -3.11. The molecule has 1 aliphatic heterocycles. The van der Waals surface area contributed by atoms with E-state index in [2.05, 4.69) is 34.6 Å². The average molecular weight is 540 g/mol. The number of aromatic nitrogens is 4. The molecule has 6 rings (SSSR count). The number of hydrogen-bond acceptors (Lipinski definition) is 9. The molecule has 3 aliphatic rings. The molecule has 2 atom stereocenters. The molecule has 1 saturated carbocycles. The van der Waals surface area contributed by atoms with E-state index >= 15 is 0 Å². The van der Waals surface area contributed by atoms with Crippen LogP contribution in [-0.4, -0.2) is 52.1 Å². The van der Waals surface area contributed by atoms with Crippen LogP contribution < -0.4 is 10.5 Å². The Morgan fingerprint density at radius 2 is 1.89 bits per heavy atom. The van der Waals surface area contributed by atoms with Gasteiger partial charge in [-0.25, -0.2) is 32.2 Å². The lowest BCUT2D eigenvalue weighted by Crippen LogP contribution is -2.43. The minimum atomic E-state index is -3.11. The SMILES string of the molecule is CC1(C)[C@H]2CC[C@]1(c1ccnc(N3C=CN(CCS(C)(=O)=O)N3)n1)c1nnc(-c3c(F)cccc3F)cc12. The fraction of sp³-hybridized carbons (Fsp3) is 0.385. The average Bonchev–Trinajstić information content (AvgIpc) is 3.50. The number of nitrogens with one attached hydrogen (secondary N) is 1. The van der Waals surface area contributed by atoms with Crippen LogP contribution in [0.1, 0.15) is 49.6 Å². The molecular weight excluding hydrogens is 512 g/mol. The van der Waals surface area contributed by atoms with Crippen molar-refractivity contribution in [3.63, 3.8) is 0 Å². The lowest BCUT2D eigenvalue weighted by atomic mass is 9.66. The van der Waals surface area contributed by atoms with Crippen molar-refractivity contribution in [1.82, 2.24) is 30.7 Å². The highest BCUT2D eigenvalue weighted by molar-refractivity contribution is 7.90. The molecule has 198 valence electrons. The van der Waals surface area contributed by atoms with Crippen molar-refractivity contribution in [3.05, 3.63) is 77.5 Å². The van der Waals surface area contributed by atoms with Crippen molar-refractivity contribution in [2.24, 2.45) is 5.41 Å². The van der Waals surface area contributed by atoms with Gasteiger partial charge in [-0.1, -0.05) is 19.9 Å². The third-order valence-corrected chi connectivity index (χ3v) is 9.16. The van der Waals surface area contributed by atoms with Gasteiger partial charge in [0.1, 0.15) is 21.5 Å². The highest BCUT2D eigenvalue weighted by atomic mass is 32.2. The van der Waals surface area contributed by atoms with E-state index in [9.17, 15) is 17.2 Å². The van der Waals surface area contributed by atoms with Gasteiger partial charge in [0.2, 0.25) is 5.95 Å². The van der Waals surface area contributed by atoms with Crippen molar-refractivity contribution in [2.75, 3.05) is 23.6 Å². The zero-order chi connectivity index (χ0) is 26.9. The number of anilines is 1. The van der Waals surface area contributed by atoms with Crippen molar-refractivity contribution >= 4 is 15.8 Å². The Morgan fingerprint density at radius 1 is 1.13 bits per heavy atom. The summed E-state index contributed by atoms with van der Waals surface area (Å²) < 4.78 is 52.1. The zero-order valence-corrected chi connectivity index (χ0v) is 22.0. The van der Waals surface area contributed by atoms with Crippen molar-refractivity contribution in [1.29, 1.82) is 0 Å². The van der Waals surface area contributed by atoms with Gasteiger partial charge in [0.05, 0.1) is 33.8 Å². The molecule has 1 aromatic carbocycles. The van der Waals surface area contributed by atoms with Crippen LogP contribution in [0.4, 0.5) is 14.7 Å². The van der Waals surface area contributed by atoms with E-state index < -0.39 is 26.9 Å². The fourth-order valence-electron chi connectivity index (χ4n) is 6.31. The van der Waals surface area contributed by atoms with Crippen LogP contribution in [0.25, 0.3) is 11.3 Å². The van der Waals surface area contributed by atoms with Crippen LogP contribution in [0.5, 0.6) is 0 Å². The Bertz CT molecular complexity index is 1560. The van der Waals surface area contributed by atoms with Crippen LogP contribution in [0.2, 0.25) is 0 Å². The molecular formula is C26H27F2N7O2S. The summed E-state index contributed by atoms with van der Waals surface area (Å²) in [5.74, 6) is -0.814. The lowest BCUT2D eigenvalue weighted by Gasteiger charge is -2.37. The number of hydrogen-bond donors (Lipinski definition) is 1. The molecule has 2 bridgehead atoms. The van der Waals surface area contributed by atoms with Gasteiger partial charge in [-0.3, -0.25) is 5.01 Å². The molecule has 1 N–H and O–H groups in total. The molecule has 3 heterocycles. The van der Waals surface area contributed by atoms with Gasteiger partial charge in [-0.05, 0) is 54.0 Å². The number of fused-ring (bicyclic) bond motifs is 5. The molecule has 3 aromatic rings. The predicted octanol–water partition coefficient (Wildman–Crippen LogP) is 3.47. The Hall–Kier alpha value is -3.51. The topological polar surface area (TPSA) is 104 Å². The maximum atomic E-state index is 14.5. The number of nitrogens with zero attached hydrogens (tertiary/aromatic N) is 6. The number of hydrazine groups is 2. The summed E-state index contributed by atoms with van der Waals surface area (Å²) in [6.07, 6.45) is 8.05. The lowest BCUT2D eigenvalue weighted by molar-refractivity contribution is 0.242. The van der Waals surface area contributed by atoms with Crippen molar-refractivity contribution in [3.8, 4) is 11.3 Å². The van der Waals surface area contributed by atoms with E-state index in [4.69, 9.17) is 4.98 Å². The Balaban J connectivity index is 1.36. The number of rotatable bonds is 6. The van der Waals surface area contributed by atoms with E-state index in [0.717, 1.165) is 29.8 Å². The molecule has 1 fully saturated rings. The number of benzene rings is 1. The first-order chi connectivity index (χ1) is 18.0. The molecule has 38 heavy (non-hydrogen) atoms. The molecule has 2 aromatic heterocycles. The van der Waals surface area contributed by atoms with Crippen molar-refractivity contribution < 1.29 is 17.2 Å². The summed E-state index contributed by atoms with van der Waals surface area (Å²) >= 11 is 0. The van der Waals surface area contributed by atoms with Gasteiger partial charge in [0, 0.05) is 31.4 Å². The quantitative estimate of drug-likeness (QED) is 0.504. The third-order valence-electron chi connectivity index (χ3n) is 8.23. The first-order valence-corrected chi connectivity index (χ1v) is 14.4. The first-order valence-electron chi connectivity index (χ1n) is 12.4.